The van der Waals surface area contributed by atoms with E-state index in [1.165, 1.54) is 35.4 Å². The van der Waals surface area contributed by atoms with Crippen molar-refractivity contribution in [2.45, 2.75) is 56.8 Å². The standard InChI is InChI=1S/C30H38N3O11PS2/c1-5-8-28(34)40-20-33(30-32-22(19-46-30)18-45(36)41-11-7-12-42-45)29(35)21-13-25(43-23(6-2)17-39-3)15-26(14-21)44-24-9-10-27(31-16-24)47(4,37)38/h9-10,13-16,19,23H,5-8,11-12,17-18,20H2,1-4H3. The van der Waals surface area contributed by atoms with Crippen LogP contribution in [0.3, 0.4) is 0 Å². The summed E-state index contributed by atoms with van der Waals surface area (Å²) < 4.78 is 70.2. The van der Waals surface area contributed by atoms with E-state index in [1.807, 2.05) is 13.8 Å². The molecule has 0 spiro atoms. The molecule has 0 radical (unpaired) electrons. The molecule has 1 unspecified atom stereocenters. The summed E-state index contributed by atoms with van der Waals surface area (Å²) in [6.07, 6.45) is 3.86. The van der Waals surface area contributed by atoms with Crippen LogP contribution in [0, 0.1) is 0 Å². The fraction of sp³-hybridized carbons (Fsp3) is 0.467. The van der Waals surface area contributed by atoms with E-state index in [1.54, 1.807) is 18.6 Å². The molecule has 1 aromatic carbocycles. The van der Waals surface area contributed by atoms with Crippen molar-refractivity contribution in [3.05, 3.63) is 53.2 Å². The predicted octanol–water partition coefficient (Wildman–Crippen LogP) is 5.62. The number of carbonyl (C=O) groups is 2. The predicted molar refractivity (Wildman–Crippen MR) is 173 cm³/mol. The van der Waals surface area contributed by atoms with Crippen molar-refractivity contribution in [3.8, 4) is 17.2 Å². The molecule has 256 valence electrons. The maximum Gasteiger partial charge on any atom is 0.336 e. The minimum Gasteiger partial charge on any atom is -0.488 e. The molecular formula is C30H38N3O11PS2. The Hall–Kier alpha value is -3.40. The van der Waals surface area contributed by atoms with Gasteiger partial charge in [-0.15, -0.1) is 11.3 Å². The lowest BCUT2D eigenvalue weighted by molar-refractivity contribution is -0.143. The molecule has 14 nitrogen and oxygen atoms in total. The van der Waals surface area contributed by atoms with Gasteiger partial charge in [-0.1, -0.05) is 13.8 Å². The Balaban J connectivity index is 1.68. The van der Waals surface area contributed by atoms with Crippen LogP contribution in [0.1, 0.15) is 55.6 Å². The van der Waals surface area contributed by atoms with Crippen molar-refractivity contribution in [2.24, 2.45) is 0 Å². The van der Waals surface area contributed by atoms with Crippen LogP contribution >= 0.6 is 18.9 Å². The van der Waals surface area contributed by atoms with Crippen LogP contribution in [0.5, 0.6) is 17.2 Å². The topological polar surface area (TPSA) is 170 Å². The summed E-state index contributed by atoms with van der Waals surface area (Å²) in [6, 6.07) is 7.32. The van der Waals surface area contributed by atoms with Crippen molar-refractivity contribution in [3.63, 3.8) is 0 Å². The highest BCUT2D eigenvalue weighted by Gasteiger charge is 2.31. The van der Waals surface area contributed by atoms with E-state index in [2.05, 4.69) is 9.97 Å². The van der Waals surface area contributed by atoms with Crippen LogP contribution in [-0.2, 0) is 43.9 Å². The Kier molecular flexibility index (Phi) is 12.9. The van der Waals surface area contributed by atoms with Crippen LogP contribution in [0.2, 0.25) is 0 Å². The number of hydrogen-bond acceptors (Lipinski definition) is 14. The number of amides is 1. The Morgan fingerprint density at radius 1 is 1.11 bits per heavy atom. The fourth-order valence-corrected chi connectivity index (χ4v) is 7.40. The normalized spacial score (nSPS) is 15.1. The molecule has 17 heteroatoms. The van der Waals surface area contributed by atoms with Gasteiger partial charge in [-0.25, -0.2) is 23.3 Å². The van der Waals surface area contributed by atoms with Gasteiger partial charge in [0.25, 0.3) is 5.91 Å². The second-order valence-corrected chi connectivity index (χ2v) is 15.4. The molecule has 0 aliphatic carbocycles. The van der Waals surface area contributed by atoms with Gasteiger partial charge in [0.2, 0.25) is 0 Å². The molecule has 1 aliphatic heterocycles. The first-order chi connectivity index (χ1) is 22.4. The zero-order valence-corrected chi connectivity index (χ0v) is 29.1. The Labute approximate surface area is 277 Å². The van der Waals surface area contributed by atoms with E-state index in [-0.39, 0.29) is 45.9 Å². The van der Waals surface area contributed by atoms with Crippen LogP contribution in [-0.4, -0.2) is 76.3 Å². The van der Waals surface area contributed by atoms with Crippen molar-refractivity contribution in [1.82, 2.24) is 9.97 Å². The zero-order chi connectivity index (χ0) is 34.0. The molecule has 4 rings (SSSR count). The molecule has 1 saturated heterocycles. The number of rotatable bonds is 16. The lowest BCUT2D eigenvalue weighted by Crippen LogP contribution is -2.34. The molecule has 1 atom stereocenters. The molecule has 3 heterocycles. The van der Waals surface area contributed by atoms with Crippen LogP contribution in [0.15, 0.2) is 46.9 Å². The third-order valence-electron chi connectivity index (χ3n) is 6.61. The summed E-state index contributed by atoms with van der Waals surface area (Å²) in [5, 5.41) is 1.71. The lowest BCUT2D eigenvalue weighted by atomic mass is 10.1. The van der Waals surface area contributed by atoms with Gasteiger partial charge in [0.1, 0.15) is 23.4 Å². The van der Waals surface area contributed by atoms with Gasteiger partial charge in [0.15, 0.2) is 26.7 Å². The number of sulfone groups is 1. The quantitative estimate of drug-likeness (QED) is 0.102. The Bertz CT molecular complexity index is 1670. The summed E-state index contributed by atoms with van der Waals surface area (Å²) in [5.74, 6) is -0.379. The van der Waals surface area contributed by atoms with Crippen molar-refractivity contribution >= 4 is 45.8 Å². The number of methoxy groups -OCH3 is 1. The number of nitrogens with zero attached hydrogens (tertiary/aromatic N) is 3. The molecule has 1 aliphatic rings. The summed E-state index contributed by atoms with van der Waals surface area (Å²) in [6.45, 7) is 4.25. The van der Waals surface area contributed by atoms with E-state index >= 15 is 0 Å². The zero-order valence-electron chi connectivity index (χ0n) is 26.6. The first kappa shape index (κ1) is 36.4. The molecule has 1 amide bonds. The van der Waals surface area contributed by atoms with Gasteiger partial charge in [-0.05, 0) is 43.5 Å². The number of thiazole rings is 1. The molecular weight excluding hydrogens is 673 g/mol. The van der Waals surface area contributed by atoms with Gasteiger partial charge in [-0.2, -0.15) is 0 Å². The highest BCUT2D eigenvalue weighted by Crippen LogP contribution is 2.53. The van der Waals surface area contributed by atoms with E-state index in [0.29, 0.717) is 50.5 Å². The minimum absolute atomic E-state index is 0.0769. The van der Waals surface area contributed by atoms with Crippen molar-refractivity contribution in [2.75, 3.05) is 44.8 Å². The number of ether oxygens (including phenoxy) is 4. The third kappa shape index (κ3) is 10.5. The largest absolute Gasteiger partial charge is 0.488 e. The van der Waals surface area contributed by atoms with E-state index in [0.717, 1.165) is 17.6 Å². The smallest absolute Gasteiger partial charge is 0.336 e. The fourth-order valence-electron chi connectivity index (χ4n) is 4.27. The average molecular weight is 712 g/mol. The van der Waals surface area contributed by atoms with Crippen LogP contribution in [0.4, 0.5) is 5.13 Å². The molecule has 3 aromatic rings. The van der Waals surface area contributed by atoms with Gasteiger partial charge >= 0.3 is 13.6 Å². The maximum absolute atomic E-state index is 14.2. The second-order valence-electron chi connectivity index (χ2n) is 10.5. The SMILES string of the molecule is CCCC(=O)OCN(C(=O)c1cc(Oc2ccc(S(C)(=O)=O)nc2)cc(OC(CC)COC)c1)c1nc(CP2(=O)OCCCO2)cs1. The number of esters is 1. The first-order valence-electron chi connectivity index (χ1n) is 14.9. The highest BCUT2D eigenvalue weighted by atomic mass is 32.2. The number of pyridine rings is 1. The summed E-state index contributed by atoms with van der Waals surface area (Å²) in [7, 11) is -5.35. The molecule has 2 aromatic heterocycles. The summed E-state index contributed by atoms with van der Waals surface area (Å²) in [4.78, 5) is 36.1. The summed E-state index contributed by atoms with van der Waals surface area (Å²) in [5.41, 5.74) is 0.505. The maximum atomic E-state index is 14.2. The molecule has 0 N–H and O–H groups in total. The first-order valence-corrected chi connectivity index (χ1v) is 19.4. The molecule has 0 bridgehead atoms. The van der Waals surface area contributed by atoms with Gasteiger partial charge in [0, 0.05) is 36.8 Å². The number of aromatic nitrogens is 2. The third-order valence-corrected chi connectivity index (χ3v) is 10.4. The summed E-state index contributed by atoms with van der Waals surface area (Å²) >= 11 is 1.10. The van der Waals surface area contributed by atoms with E-state index in [9.17, 15) is 22.6 Å². The minimum atomic E-state index is -3.52. The molecule has 47 heavy (non-hydrogen) atoms. The molecule has 0 saturated carbocycles. The van der Waals surface area contributed by atoms with Gasteiger partial charge < -0.3 is 28.0 Å². The Morgan fingerprint density at radius 2 is 1.85 bits per heavy atom. The Morgan fingerprint density at radius 3 is 2.49 bits per heavy atom. The number of benzene rings is 1. The average Bonchev–Trinajstić information content (AvgIpc) is 3.48. The molecule has 1 fully saturated rings. The van der Waals surface area contributed by atoms with E-state index in [4.69, 9.17) is 28.0 Å². The number of anilines is 1. The van der Waals surface area contributed by atoms with Gasteiger partial charge in [-0.3, -0.25) is 14.2 Å². The monoisotopic (exact) mass is 711 g/mol. The van der Waals surface area contributed by atoms with Crippen LogP contribution < -0.4 is 14.4 Å². The number of hydrogen-bond donors (Lipinski definition) is 0. The van der Waals surface area contributed by atoms with E-state index < -0.39 is 36.0 Å². The van der Waals surface area contributed by atoms with Crippen LogP contribution in [0.25, 0.3) is 0 Å². The van der Waals surface area contributed by atoms with Crippen molar-refractivity contribution in [1.29, 1.82) is 0 Å². The lowest BCUT2D eigenvalue weighted by Gasteiger charge is -2.22. The highest BCUT2D eigenvalue weighted by molar-refractivity contribution is 7.90. The second kappa shape index (κ2) is 16.6. The van der Waals surface area contributed by atoms with Gasteiger partial charge in [0.05, 0.1) is 37.9 Å². The number of carbonyl (C=O) groups excluding carboxylic acids is 2. The van der Waals surface area contributed by atoms with Crippen molar-refractivity contribution < 1.29 is 50.6 Å².